The molecule has 4 N–H and O–H groups in total. The summed E-state index contributed by atoms with van der Waals surface area (Å²) >= 11 is 0. The van der Waals surface area contributed by atoms with Gasteiger partial charge in [-0.1, -0.05) is 13.8 Å². The lowest BCUT2D eigenvalue weighted by atomic mass is 9.88. The largest absolute Gasteiger partial charge is 0.368 e. The number of nitrogens with zero attached hydrogens (tertiary/aromatic N) is 2. The number of hydrogen-bond donors (Lipinski definition) is 2. The zero-order valence-electron chi connectivity index (χ0n) is 9.27. The second kappa shape index (κ2) is 4.52. The van der Waals surface area contributed by atoms with Crippen LogP contribution in [0.15, 0.2) is 12.3 Å². The Morgan fingerprint density at radius 3 is 2.69 bits per heavy atom. The quantitative estimate of drug-likeness (QED) is 0.722. The topological polar surface area (TPSA) is 94.9 Å². The Hall–Kier alpha value is -1.56. The molecule has 0 unspecified atom stereocenters. The van der Waals surface area contributed by atoms with E-state index in [0.717, 1.165) is 6.07 Å². The summed E-state index contributed by atoms with van der Waals surface area (Å²) < 4.78 is 12.9. The molecule has 1 aromatic rings. The lowest BCUT2D eigenvalue weighted by Crippen LogP contribution is -2.51. The van der Waals surface area contributed by atoms with E-state index in [1.54, 1.807) is 0 Å². The van der Waals surface area contributed by atoms with Crippen LogP contribution in [-0.2, 0) is 10.3 Å². The van der Waals surface area contributed by atoms with Crippen molar-refractivity contribution < 1.29 is 9.18 Å². The Kier molecular flexibility index (Phi) is 3.54. The molecule has 1 heterocycles. The number of primary amides is 1. The standard InChI is InChI=1S/C10H15FN4O/c1-6(2)5-10(13,8(12)16)9-14-4-3-7(11)15-9/h3-4,6H,5,13H2,1-2H3,(H2,12,16)/t10-/m0/s1. The number of rotatable bonds is 4. The monoisotopic (exact) mass is 226 g/mol. The van der Waals surface area contributed by atoms with Crippen molar-refractivity contribution in [3.8, 4) is 0 Å². The molecule has 1 amide bonds. The molecule has 88 valence electrons. The summed E-state index contributed by atoms with van der Waals surface area (Å²) in [7, 11) is 0. The lowest BCUT2D eigenvalue weighted by molar-refractivity contribution is -0.124. The number of halogens is 1. The molecule has 0 aromatic carbocycles. The maximum atomic E-state index is 12.9. The van der Waals surface area contributed by atoms with Crippen molar-refractivity contribution in [2.45, 2.75) is 25.8 Å². The fraction of sp³-hybridized carbons (Fsp3) is 0.500. The third-order valence-corrected chi connectivity index (χ3v) is 2.19. The Balaban J connectivity index is 3.16. The zero-order chi connectivity index (χ0) is 12.3. The van der Waals surface area contributed by atoms with Crippen LogP contribution in [0.1, 0.15) is 26.1 Å². The molecule has 0 bridgehead atoms. The first-order chi connectivity index (χ1) is 7.36. The smallest absolute Gasteiger partial charge is 0.245 e. The molecule has 6 heteroatoms. The highest BCUT2D eigenvalue weighted by molar-refractivity contribution is 5.84. The molecule has 0 spiro atoms. The summed E-state index contributed by atoms with van der Waals surface area (Å²) in [6.07, 6.45) is 1.48. The van der Waals surface area contributed by atoms with Crippen LogP contribution in [0.2, 0.25) is 0 Å². The average molecular weight is 226 g/mol. The molecule has 0 fully saturated rings. The van der Waals surface area contributed by atoms with E-state index < -0.39 is 17.4 Å². The highest BCUT2D eigenvalue weighted by Gasteiger charge is 2.38. The minimum atomic E-state index is -1.52. The normalized spacial score (nSPS) is 14.8. The van der Waals surface area contributed by atoms with Crippen LogP contribution in [0, 0.1) is 11.9 Å². The molecule has 0 saturated heterocycles. The first-order valence-electron chi connectivity index (χ1n) is 4.94. The van der Waals surface area contributed by atoms with Gasteiger partial charge in [-0.25, -0.2) is 9.97 Å². The Morgan fingerprint density at radius 2 is 2.25 bits per heavy atom. The molecule has 1 aromatic heterocycles. The van der Waals surface area contributed by atoms with Crippen LogP contribution in [0.3, 0.4) is 0 Å². The van der Waals surface area contributed by atoms with E-state index in [2.05, 4.69) is 9.97 Å². The van der Waals surface area contributed by atoms with Gasteiger partial charge in [-0.05, 0) is 12.3 Å². The predicted molar refractivity (Wildman–Crippen MR) is 56.5 cm³/mol. The van der Waals surface area contributed by atoms with Gasteiger partial charge in [-0.2, -0.15) is 4.39 Å². The molecule has 0 aliphatic rings. The van der Waals surface area contributed by atoms with Gasteiger partial charge in [0.25, 0.3) is 0 Å². The van der Waals surface area contributed by atoms with E-state index in [4.69, 9.17) is 11.5 Å². The Labute approximate surface area is 93.1 Å². The van der Waals surface area contributed by atoms with Crippen LogP contribution >= 0.6 is 0 Å². The molecular weight excluding hydrogens is 211 g/mol. The van der Waals surface area contributed by atoms with Crippen molar-refractivity contribution in [3.63, 3.8) is 0 Å². The maximum Gasteiger partial charge on any atom is 0.245 e. The lowest BCUT2D eigenvalue weighted by Gasteiger charge is -2.25. The van der Waals surface area contributed by atoms with E-state index in [9.17, 15) is 9.18 Å². The fourth-order valence-electron chi connectivity index (χ4n) is 1.50. The van der Waals surface area contributed by atoms with E-state index in [1.807, 2.05) is 13.8 Å². The first-order valence-corrected chi connectivity index (χ1v) is 4.94. The minimum absolute atomic E-state index is 0.0753. The number of carbonyl (C=O) groups is 1. The Bertz CT molecular complexity index is 396. The fourth-order valence-corrected chi connectivity index (χ4v) is 1.50. The zero-order valence-corrected chi connectivity index (χ0v) is 9.27. The molecule has 0 aliphatic heterocycles. The highest BCUT2D eigenvalue weighted by atomic mass is 19.1. The molecule has 1 rings (SSSR count). The summed E-state index contributed by atoms with van der Waals surface area (Å²) in [5.41, 5.74) is 9.58. The molecular formula is C10H15FN4O. The summed E-state index contributed by atoms with van der Waals surface area (Å²) in [5, 5.41) is 0. The number of hydrogen-bond acceptors (Lipinski definition) is 4. The minimum Gasteiger partial charge on any atom is -0.368 e. The van der Waals surface area contributed by atoms with Gasteiger partial charge in [-0.15, -0.1) is 0 Å². The second-order valence-electron chi connectivity index (χ2n) is 4.14. The van der Waals surface area contributed by atoms with Gasteiger partial charge in [-0.3, -0.25) is 4.79 Å². The average Bonchev–Trinajstić information content (AvgIpc) is 2.16. The van der Waals surface area contributed by atoms with Crippen molar-refractivity contribution in [1.82, 2.24) is 9.97 Å². The molecule has 0 radical (unpaired) electrons. The van der Waals surface area contributed by atoms with Crippen molar-refractivity contribution >= 4 is 5.91 Å². The summed E-state index contributed by atoms with van der Waals surface area (Å²) in [6, 6.07) is 1.08. The molecule has 0 saturated carbocycles. The highest BCUT2D eigenvalue weighted by Crippen LogP contribution is 2.22. The van der Waals surface area contributed by atoms with Crippen LogP contribution in [0.4, 0.5) is 4.39 Å². The van der Waals surface area contributed by atoms with E-state index in [0.29, 0.717) is 0 Å². The van der Waals surface area contributed by atoms with Crippen LogP contribution in [0.25, 0.3) is 0 Å². The number of aromatic nitrogens is 2. The number of amides is 1. The van der Waals surface area contributed by atoms with Crippen LogP contribution < -0.4 is 11.5 Å². The third-order valence-electron chi connectivity index (χ3n) is 2.19. The van der Waals surface area contributed by atoms with Crippen LogP contribution in [-0.4, -0.2) is 15.9 Å². The van der Waals surface area contributed by atoms with Gasteiger partial charge in [0, 0.05) is 12.3 Å². The van der Waals surface area contributed by atoms with Crippen molar-refractivity contribution in [3.05, 3.63) is 24.0 Å². The number of carbonyl (C=O) groups excluding carboxylic acids is 1. The van der Waals surface area contributed by atoms with Crippen molar-refractivity contribution in [1.29, 1.82) is 0 Å². The second-order valence-corrected chi connectivity index (χ2v) is 4.14. The SMILES string of the molecule is CC(C)C[C@](N)(C(N)=O)c1nccc(F)n1. The van der Waals surface area contributed by atoms with Crippen molar-refractivity contribution in [2.24, 2.45) is 17.4 Å². The van der Waals surface area contributed by atoms with Crippen molar-refractivity contribution in [2.75, 3.05) is 0 Å². The Morgan fingerprint density at radius 1 is 1.62 bits per heavy atom. The molecule has 5 nitrogen and oxygen atoms in total. The predicted octanol–water partition coefficient (Wildman–Crippen LogP) is 0.301. The third kappa shape index (κ3) is 2.52. The molecule has 16 heavy (non-hydrogen) atoms. The summed E-state index contributed by atoms with van der Waals surface area (Å²) in [4.78, 5) is 18.7. The van der Waals surface area contributed by atoms with E-state index in [1.165, 1.54) is 6.20 Å². The molecule has 0 aliphatic carbocycles. The van der Waals surface area contributed by atoms with E-state index >= 15 is 0 Å². The van der Waals surface area contributed by atoms with Gasteiger partial charge in [0.15, 0.2) is 11.4 Å². The number of nitrogens with two attached hydrogens (primary N) is 2. The van der Waals surface area contributed by atoms with E-state index in [-0.39, 0.29) is 18.2 Å². The van der Waals surface area contributed by atoms with Gasteiger partial charge in [0.1, 0.15) is 0 Å². The van der Waals surface area contributed by atoms with Gasteiger partial charge < -0.3 is 11.5 Å². The van der Waals surface area contributed by atoms with Gasteiger partial charge >= 0.3 is 0 Å². The van der Waals surface area contributed by atoms with Gasteiger partial charge in [0.05, 0.1) is 0 Å². The summed E-state index contributed by atoms with van der Waals surface area (Å²) in [6.45, 7) is 3.76. The molecule has 1 atom stereocenters. The first kappa shape index (κ1) is 12.5. The van der Waals surface area contributed by atoms with Crippen LogP contribution in [0.5, 0.6) is 0 Å². The summed E-state index contributed by atoms with van der Waals surface area (Å²) in [5.74, 6) is -1.45. The van der Waals surface area contributed by atoms with Gasteiger partial charge in [0.2, 0.25) is 11.9 Å². The maximum absolute atomic E-state index is 12.9.